The van der Waals surface area contributed by atoms with Crippen LogP contribution < -0.4 is 19.8 Å². The summed E-state index contributed by atoms with van der Waals surface area (Å²) in [5, 5.41) is 40.9. The number of phenolic OH excluding ortho intramolecular Hbond substituents is 2. The Morgan fingerprint density at radius 1 is 0.500 bits per heavy atom. The molecule has 0 saturated carbocycles. The minimum atomic E-state index is -3.72. The third-order valence-corrected chi connectivity index (χ3v) is 15.9. The van der Waals surface area contributed by atoms with E-state index < -0.39 is 78.2 Å². The number of nitrogens with zero attached hydrogens (tertiary/aromatic N) is 13. The zero-order valence-electron chi connectivity index (χ0n) is 71.5. The normalized spacial score (nSPS) is 12.4. The molecule has 722 valence electrons. The van der Waals surface area contributed by atoms with Gasteiger partial charge in [0.1, 0.15) is 98.3 Å². The van der Waals surface area contributed by atoms with Crippen LogP contribution in [0.25, 0.3) is 0 Å². The second kappa shape index (κ2) is 64.5. The van der Waals surface area contributed by atoms with E-state index in [1.165, 1.54) is 21.0 Å². The number of hydrogen-bond donors (Lipinski definition) is 4. The van der Waals surface area contributed by atoms with Gasteiger partial charge < -0.3 is 82.3 Å². The number of oxime groups is 4. The van der Waals surface area contributed by atoms with Crippen molar-refractivity contribution in [2.45, 2.75) is 59.5 Å². The first-order chi connectivity index (χ1) is 63.8. The van der Waals surface area contributed by atoms with Crippen LogP contribution >= 0.6 is 91.0 Å². The van der Waals surface area contributed by atoms with Crippen LogP contribution in [0.5, 0.6) is 52.3 Å². The van der Waals surface area contributed by atoms with Gasteiger partial charge in [-0.2, -0.15) is 36.5 Å². The molecule has 134 heavy (non-hydrogen) atoms. The number of Topliss-reactive ketones (excluding diaryl/α,β-unsaturated/α-hetero) is 3. The van der Waals surface area contributed by atoms with Gasteiger partial charge in [-0.05, 0) is 118 Å². The minimum absolute atomic E-state index is 0.0696. The van der Waals surface area contributed by atoms with Crippen LogP contribution in [0.15, 0.2) is 195 Å². The highest BCUT2D eigenvalue weighted by Crippen LogP contribution is 2.35. The van der Waals surface area contributed by atoms with E-state index in [1.54, 1.807) is 156 Å². The van der Waals surface area contributed by atoms with E-state index in [-0.39, 0.29) is 105 Å². The molecule has 53 heteroatoms. The summed E-state index contributed by atoms with van der Waals surface area (Å²) in [7, 11) is 9.38. The number of phenols is 2. The highest BCUT2D eigenvalue weighted by atomic mass is 36.0. The standard InChI is InChI=1S/C21H16ClFN4O4.C15H12ClFN4O3.C11H12N2O4.C6H9ClO3.C6H5ClO.C6H9FO3.C6H10O3.C4HCl2FN2.C4H3FN2O2.C2H4.Cl2O2S/c1-24-18(21-27-29-11-10-28-21)13-6-2-4-8-15(13)30-19-17(23)20(26-12-25-19)31-16-9-5-3-7-14(16)22;1-18-12(15-21-23-7-6-22-15)9-4-2-3-5-10(9)24-14-11(17)13(16)19-8-20-14;1-15-12-10(11-13-17-7-6-16-11)8-4-2-3-5-9(8)14;1-3-10-6(9)5(7)4(2)8;7-5-3-1-2-4-6(5)8;1-3-10-6(9)5(7)4(2)8;1-3-9-6(8)4-5(2)7;5-3-2(7)4(6)9-1-8-3;5-2-3(8)6-1-7-4(2)9;1-2;1-5(2,3)4/h2-9,12H,10-11H2,1H3;2-5,8H,6-7H2,1H3;2-5,14H,6-7H2,1H3;5H,3H2,1-2H3;1-4,8H;5H,3H2,1-2H3;3-4H2,1-2H3;1H;1H,(H2,6,7,8,9);1-2H2;/b;;12-10+;;;;;;;;. The van der Waals surface area contributed by atoms with Crippen molar-refractivity contribution in [3.8, 4) is 52.3 Å². The predicted octanol–water partition coefficient (Wildman–Crippen LogP) is 15.4. The summed E-state index contributed by atoms with van der Waals surface area (Å²) in [5.41, 5.74) is 1.65. The minimum Gasteiger partial charge on any atom is -0.507 e. The number of hydrogen-bond acceptors (Lipinski definition) is 38. The Morgan fingerprint density at radius 3 is 1.25 bits per heavy atom. The number of ether oxygens (including phenoxy) is 9. The molecule has 0 radical (unpaired) electrons. The summed E-state index contributed by atoms with van der Waals surface area (Å²) >= 11 is 32.9. The number of carbonyl (C=O) groups is 6. The average Bonchev–Trinajstić information content (AvgIpc) is 0.741. The Bertz CT molecular complexity index is 5630. The van der Waals surface area contributed by atoms with E-state index in [2.05, 4.69) is 114 Å². The molecule has 0 saturated heterocycles. The molecule has 39 nitrogen and oxygen atoms in total. The lowest BCUT2D eigenvalue weighted by Crippen LogP contribution is -2.25. The maximum absolute atomic E-state index is 15.0. The fraction of sp³-hybridized carbons (Fsp3) is 0.259. The van der Waals surface area contributed by atoms with Gasteiger partial charge in [0.25, 0.3) is 52.9 Å². The van der Waals surface area contributed by atoms with E-state index in [9.17, 15) is 56.2 Å². The van der Waals surface area contributed by atoms with Gasteiger partial charge in [-0.15, -0.1) is 24.8 Å². The van der Waals surface area contributed by atoms with Crippen LogP contribution in [-0.4, -0.2) is 226 Å². The first-order valence-corrected chi connectivity index (χ1v) is 42.8. The Kier molecular flexibility index (Phi) is 56.2. The number of aromatic amines is 1. The number of ketones is 3. The highest BCUT2D eigenvalue weighted by molar-refractivity contribution is 8.31. The number of esters is 3. The largest absolute Gasteiger partial charge is 0.507 e. The molecule has 0 aliphatic carbocycles. The lowest BCUT2D eigenvalue weighted by atomic mass is 10.1. The molecule has 0 spiro atoms. The Morgan fingerprint density at radius 2 is 0.881 bits per heavy atom. The number of aliphatic imine (C=N–C) groups is 2. The van der Waals surface area contributed by atoms with Gasteiger partial charge in [-0.1, -0.05) is 124 Å². The summed E-state index contributed by atoms with van der Waals surface area (Å²) in [6, 6.07) is 33.8. The smallest absolute Gasteiger partial charge is 0.348 e. The summed E-state index contributed by atoms with van der Waals surface area (Å²) in [6.45, 7) is 17.4. The van der Waals surface area contributed by atoms with E-state index >= 15 is 4.39 Å². The van der Waals surface area contributed by atoms with Crippen LogP contribution in [0, 0.1) is 23.3 Å². The summed E-state index contributed by atoms with van der Waals surface area (Å²) < 4.78 is 130. The molecule has 2 unspecified atom stereocenters. The maximum atomic E-state index is 15.0. The molecule has 0 fully saturated rings. The lowest BCUT2D eigenvalue weighted by molar-refractivity contribution is -0.152. The fourth-order valence-electron chi connectivity index (χ4n) is 8.44. The van der Waals surface area contributed by atoms with Crippen LogP contribution in [0.2, 0.25) is 25.5 Å². The molecule has 12 rings (SSSR count). The van der Waals surface area contributed by atoms with Gasteiger partial charge >= 0.3 is 26.2 Å². The molecule has 5 aromatic carbocycles. The quantitative estimate of drug-likeness (QED) is 0.00468. The number of alkyl halides is 2. The van der Waals surface area contributed by atoms with Gasteiger partial charge in [0.15, 0.2) is 63.8 Å². The van der Waals surface area contributed by atoms with E-state index in [1.807, 2.05) is 4.98 Å². The van der Waals surface area contributed by atoms with Crippen molar-refractivity contribution in [2.75, 3.05) is 80.7 Å². The van der Waals surface area contributed by atoms with Crippen LogP contribution in [-0.2, 0) is 84.8 Å². The Labute approximate surface area is 799 Å². The Balaban J connectivity index is 0.000000529. The maximum Gasteiger partial charge on any atom is 0.348 e. The zero-order chi connectivity index (χ0) is 100. The number of benzene rings is 5. The number of halogens is 13. The number of nitrogens with one attached hydrogen (secondary N) is 1. The number of aromatic nitrogens is 8. The van der Waals surface area contributed by atoms with Gasteiger partial charge in [-0.3, -0.25) is 34.0 Å². The van der Waals surface area contributed by atoms with Crippen LogP contribution in [0.4, 0.5) is 22.0 Å². The molecular weight excluding hydrogens is 1980 g/mol. The van der Waals surface area contributed by atoms with Crippen molar-refractivity contribution in [1.82, 2.24) is 39.9 Å². The molecule has 3 aliphatic rings. The van der Waals surface area contributed by atoms with E-state index in [4.69, 9.17) is 136 Å². The van der Waals surface area contributed by atoms with Gasteiger partial charge in [-0.25, -0.2) is 38.3 Å². The number of H-pyrrole nitrogens is 1. The number of para-hydroxylation sites is 5. The third-order valence-electron chi connectivity index (χ3n) is 14.0. The second-order valence-electron chi connectivity index (χ2n) is 23.4. The number of carbonyl (C=O) groups excluding carboxylic acids is 6. The van der Waals surface area contributed by atoms with Crippen LogP contribution in [0.3, 0.4) is 0 Å². The van der Waals surface area contributed by atoms with Crippen molar-refractivity contribution in [2.24, 2.45) is 30.6 Å². The molecule has 7 heterocycles. The van der Waals surface area contributed by atoms with Crippen molar-refractivity contribution >= 4 is 169 Å². The van der Waals surface area contributed by atoms with Crippen molar-refractivity contribution < 1.29 is 136 Å². The van der Waals surface area contributed by atoms with Gasteiger partial charge in [0, 0.05) is 46.6 Å². The topological polar surface area (TPSA) is 514 Å². The number of aromatic hydroxyl groups is 3. The van der Waals surface area contributed by atoms with Crippen molar-refractivity contribution in [1.29, 1.82) is 0 Å². The zero-order valence-corrected chi connectivity index (χ0v) is 78.3. The summed E-state index contributed by atoms with van der Waals surface area (Å²) in [5.74, 6) is -7.51. The van der Waals surface area contributed by atoms with Crippen molar-refractivity contribution in [3.63, 3.8) is 0 Å². The first-order valence-electron chi connectivity index (χ1n) is 37.3. The molecule has 9 aromatic rings. The molecular formula is C81H81Cl8F5N14O25S. The summed E-state index contributed by atoms with van der Waals surface area (Å²) in [6.07, 6.45) is 2.03. The SMILES string of the molecule is C=C.CCOC(=O)C(Cl)C(C)=O.CCOC(=O)C(F)C(C)=O.CCOC(=O)CC(C)=O.CN=C(C1=NOCCO1)c1ccccc1Oc1ncnc(Cl)c1F.CN=C(C1=NOCCO1)c1ccccc1Oc1ncnc(Oc2ccccc2Cl)c1F.CO/N=C(/C1=NOCCO1)c1ccccc1O.Fc1c(Cl)ncnc1Cl.O=S(=O)(Cl)Cl.O=c1[nH]cnc(O)c1F.Oc1ccccc1Cl. The lowest BCUT2D eigenvalue weighted by Gasteiger charge is -2.17. The second-order valence-corrected chi connectivity index (χ2v) is 29.4. The Hall–Kier alpha value is -13.3. The molecule has 4 N–H and O–H groups in total. The van der Waals surface area contributed by atoms with E-state index in [0.717, 1.165) is 32.2 Å². The third kappa shape index (κ3) is 43.8. The monoisotopic (exact) mass is 2060 g/mol. The molecule has 4 aromatic heterocycles. The van der Waals surface area contributed by atoms with E-state index in [0.29, 0.717) is 95.9 Å². The highest BCUT2D eigenvalue weighted by Gasteiger charge is 2.28. The fourth-order valence-corrected chi connectivity index (χ4v) is 9.26. The van der Waals surface area contributed by atoms with Gasteiger partial charge in [0.05, 0.1) is 41.8 Å². The molecule has 3 aliphatic heterocycles. The van der Waals surface area contributed by atoms with Crippen molar-refractivity contribution in [3.05, 3.63) is 236 Å². The first kappa shape index (κ1) is 117. The predicted molar refractivity (Wildman–Crippen MR) is 483 cm³/mol. The van der Waals surface area contributed by atoms with Gasteiger partial charge in [0.2, 0.25) is 17.5 Å². The van der Waals surface area contributed by atoms with Crippen LogP contribution in [0.1, 0.15) is 64.7 Å². The number of rotatable bonds is 22. The molecule has 2 atom stereocenters. The molecule has 0 amide bonds. The average molecular weight is 2060 g/mol. The molecule has 0 bridgehead atoms. The summed E-state index contributed by atoms with van der Waals surface area (Å²) in [4.78, 5) is 127.